The third kappa shape index (κ3) is 5.08. The van der Waals surface area contributed by atoms with E-state index >= 15 is 0 Å². The number of pyridine rings is 1. The Labute approximate surface area is 177 Å². The van der Waals surface area contributed by atoms with Gasteiger partial charge in [-0.2, -0.15) is 0 Å². The van der Waals surface area contributed by atoms with Crippen molar-refractivity contribution in [3.63, 3.8) is 0 Å². The molecule has 5 N–H and O–H groups in total. The standard InChI is InChI=1S/C20H25N3O5.C2H6/c1-12(2)8-19(3,21)20(25,26)28-14-4-5-15-16-7-18(23-11-24)22-9-13(16)10-27-17(15)6-14;1-2/h4-7,9,11-12,25-26H,8,10,21H2,1-3H3,(H,22,23,24);1-2H3. The molecule has 2 aromatic rings. The summed E-state index contributed by atoms with van der Waals surface area (Å²) in [6, 6.07) is 6.70. The summed E-state index contributed by atoms with van der Waals surface area (Å²) in [5.74, 6) is -1.23. The van der Waals surface area contributed by atoms with Gasteiger partial charge in [0.05, 0.1) is 0 Å². The average Bonchev–Trinajstić information content (AvgIpc) is 2.68. The van der Waals surface area contributed by atoms with E-state index in [1.165, 1.54) is 6.92 Å². The Hall–Kier alpha value is -2.68. The molecule has 0 radical (unpaired) electrons. The fraction of sp³-hybridized carbons (Fsp3) is 0.455. The van der Waals surface area contributed by atoms with Gasteiger partial charge in [0.1, 0.15) is 29.5 Å². The van der Waals surface area contributed by atoms with E-state index in [9.17, 15) is 15.0 Å². The number of benzene rings is 1. The number of hydrogen-bond acceptors (Lipinski definition) is 7. The Morgan fingerprint density at radius 3 is 2.63 bits per heavy atom. The van der Waals surface area contributed by atoms with Crippen LogP contribution in [0.1, 0.15) is 46.6 Å². The van der Waals surface area contributed by atoms with Gasteiger partial charge in [-0.05, 0) is 43.0 Å². The summed E-state index contributed by atoms with van der Waals surface area (Å²) in [6.07, 6.45) is 2.57. The molecule has 0 saturated heterocycles. The Balaban J connectivity index is 0.00000155. The highest BCUT2D eigenvalue weighted by molar-refractivity contribution is 5.79. The maximum atomic E-state index is 10.7. The molecule has 1 aliphatic rings. The van der Waals surface area contributed by atoms with Gasteiger partial charge in [-0.25, -0.2) is 4.98 Å². The van der Waals surface area contributed by atoms with Crippen LogP contribution in [-0.2, 0) is 11.4 Å². The van der Waals surface area contributed by atoms with Crippen LogP contribution in [0.15, 0.2) is 30.5 Å². The second kappa shape index (κ2) is 9.42. The zero-order valence-corrected chi connectivity index (χ0v) is 18.1. The number of anilines is 1. The van der Waals surface area contributed by atoms with Crippen molar-refractivity contribution >= 4 is 12.2 Å². The van der Waals surface area contributed by atoms with Gasteiger partial charge in [0.15, 0.2) is 0 Å². The summed E-state index contributed by atoms with van der Waals surface area (Å²) in [5, 5.41) is 23.4. The Morgan fingerprint density at radius 1 is 1.30 bits per heavy atom. The zero-order valence-electron chi connectivity index (χ0n) is 18.1. The minimum Gasteiger partial charge on any atom is -0.488 e. The highest BCUT2D eigenvalue weighted by atomic mass is 16.8. The van der Waals surface area contributed by atoms with Crippen LogP contribution >= 0.6 is 0 Å². The largest absolute Gasteiger partial charge is 0.488 e. The topological polar surface area (TPSA) is 127 Å². The third-order valence-electron chi connectivity index (χ3n) is 4.66. The van der Waals surface area contributed by atoms with Crippen molar-refractivity contribution in [2.75, 3.05) is 5.32 Å². The van der Waals surface area contributed by atoms with Gasteiger partial charge in [-0.3, -0.25) is 4.79 Å². The lowest BCUT2D eigenvalue weighted by Gasteiger charge is -2.38. The fourth-order valence-electron chi connectivity index (χ4n) is 3.31. The Kier molecular flexibility index (Phi) is 7.41. The van der Waals surface area contributed by atoms with E-state index in [-0.39, 0.29) is 11.7 Å². The normalized spacial score (nSPS) is 14.3. The molecule has 0 spiro atoms. The molecular weight excluding hydrogens is 386 g/mol. The lowest BCUT2D eigenvalue weighted by Crippen LogP contribution is -2.62. The molecule has 8 nitrogen and oxygen atoms in total. The molecule has 1 aliphatic heterocycles. The van der Waals surface area contributed by atoms with Gasteiger partial charge >= 0.3 is 5.97 Å². The second-order valence-corrected chi connectivity index (χ2v) is 7.66. The first-order chi connectivity index (χ1) is 14.1. The number of ether oxygens (including phenoxy) is 2. The van der Waals surface area contributed by atoms with E-state index in [1.54, 1.807) is 30.5 Å². The first-order valence-corrected chi connectivity index (χ1v) is 10.0. The lowest BCUT2D eigenvalue weighted by molar-refractivity contribution is -0.329. The monoisotopic (exact) mass is 417 g/mol. The first-order valence-electron chi connectivity index (χ1n) is 10.0. The number of fused-ring (bicyclic) bond motifs is 3. The fourth-order valence-corrected chi connectivity index (χ4v) is 3.31. The van der Waals surface area contributed by atoms with Crippen molar-refractivity contribution in [3.8, 4) is 22.6 Å². The van der Waals surface area contributed by atoms with Crippen molar-refractivity contribution < 1.29 is 24.5 Å². The molecule has 2 heterocycles. The SMILES string of the molecule is CC.CC(C)CC(C)(N)C(O)(O)Oc1ccc2c(c1)OCc1cnc(NC=O)cc1-2. The molecule has 1 unspecified atom stereocenters. The number of rotatable bonds is 7. The summed E-state index contributed by atoms with van der Waals surface area (Å²) in [7, 11) is 0. The molecule has 1 aromatic carbocycles. The molecular formula is C22H31N3O5. The predicted octanol–water partition coefficient (Wildman–Crippen LogP) is 3.02. The van der Waals surface area contributed by atoms with Crippen molar-refractivity contribution in [2.24, 2.45) is 11.7 Å². The number of nitrogens with two attached hydrogens (primary N) is 1. The van der Waals surface area contributed by atoms with E-state index in [4.69, 9.17) is 15.2 Å². The molecule has 1 amide bonds. The van der Waals surface area contributed by atoms with E-state index in [0.29, 0.717) is 31.0 Å². The molecule has 0 aliphatic carbocycles. The maximum absolute atomic E-state index is 10.7. The summed E-state index contributed by atoms with van der Waals surface area (Å²) >= 11 is 0. The van der Waals surface area contributed by atoms with Gasteiger partial charge in [0.25, 0.3) is 0 Å². The summed E-state index contributed by atoms with van der Waals surface area (Å²) in [6.45, 7) is 9.71. The van der Waals surface area contributed by atoms with Crippen molar-refractivity contribution in [2.45, 2.75) is 59.2 Å². The van der Waals surface area contributed by atoms with Crippen LogP contribution in [0.3, 0.4) is 0 Å². The van der Waals surface area contributed by atoms with E-state index in [2.05, 4.69) is 10.3 Å². The highest BCUT2D eigenvalue weighted by Gasteiger charge is 2.46. The van der Waals surface area contributed by atoms with Gasteiger partial charge in [0, 0.05) is 23.4 Å². The van der Waals surface area contributed by atoms with E-state index in [1.807, 2.05) is 27.7 Å². The zero-order chi connectivity index (χ0) is 22.5. The Morgan fingerprint density at radius 2 is 2.00 bits per heavy atom. The number of aromatic nitrogens is 1. The van der Waals surface area contributed by atoms with Gasteiger partial charge in [-0.15, -0.1) is 0 Å². The van der Waals surface area contributed by atoms with Gasteiger partial charge in [0.2, 0.25) is 6.41 Å². The summed E-state index contributed by atoms with van der Waals surface area (Å²) < 4.78 is 11.2. The summed E-state index contributed by atoms with van der Waals surface area (Å²) in [5.41, 5.74) is 7.25. The summed E-state index contributed by atoms with van der Waals surface area (Å²) in [4.78, 5) is 14.8. The van der Waals surface area contributed by atoms with Crippen LogP contribution in [0.5, 0.6) is 11.5 Å². The third-order valence-corrected chi connectivity index (χ3v) is 4.66. The minimum atomic E-state index is -2.55. The highest BCUT2D eigenvalue weighted by Crippen LogP contribution is 2.41. The lowest BCUT2D eigenvalue weighted by atomic mass is 9.89. The molecule has 0 fully saturated rings. The number of nitrogens with one attached hydrogen (secondary N) is 1. The van der Waals surface area contributed by atoms with Crippen molar-refractivity contribution in [1.29, 1.82) is 0 Å². The number of nitrogens with zero attached hydrogens (tertiary/aromatic N) is 1. The van der Waals surface area contributed by atoms with Crippen LogP contribution in [0.25, 0.3) is 11.1 Å². The van der Waals surface area contributed by atoms with E-state index < -0.39 is 11.5 Å². The number of carbonyl (C=O) groups is 1. The van der Waals surface area contributed by atoms with Crippen LogP contribution in [0, 0.1) is 5.92 Å². The van der Waals surface area contributed by atoms with Crippen molar-refractivity contribution in [1.82, 2.24) is 4.98 Å². The predicted molar refractivity (Wildman–Crippen MR) is 115 cm³/mol. The number of aliphatic hydroxyl groups is 2. The van der Waals surface area contributed by atoms with E-state index in [0.717, 1.165) is 16.7 Å². The molecule has 1 atom stereocenters. The second-order valence-electron chi connectivity index (χ2n) is 7.66. The molecule has 1 aromatic heterocycles. The van der Waals surface area contributed by atoms with Crippen molar-refractivity contribution in [3.05, 3.63) is 36.0 Å². The van der Waals surface area contributed by atoms with Crippen LogP contribution in [0.4, 0.5) is 5.82 Å². The Bertz CT molecular complexity index is 881. The first kappa shape index (κ1) is 23.6. The molecule has 0 saturated carbocycles. The van der Waals surface area contributed by atoms with Crippen LogP contribution in [-0.4, -0.2) is 33.1 Å². The quantitative estimate of drug-likeness (QED) is 0.403. The number of carbonyl (C=O) groups excluding carboxylic acids is 1. The number of hydrogen-bond donors (Lipinski definition) is 4. The molecule has 3 rings (SSSR count). The van der Waals surface area contributed by atoms with Crippen LogP contribution < -0.4 is 20.5 Å². The van der Waals surface area contributed by atoms with Gasteiger partial charge in [-0.1, -0.05) is 27.7 Å². The average molecular weight is 418 g/mol. The smallest absolute Gasteiger partial charge is 0.340 e. The molecule has 8 heteroatoms. The van der Waals surface area contributed by atoms with Gasteiger partial charge < -0.3 is 30.7 Å². The molecule has 30 heavy (non-hydrogen) atoms. The maximum Gasteiger partial charge on any atom is 0.340 e. The van der Waals surface area contributed by atoms with Crippen LogP contribution in [0.2, 0.25) is 0 Å². The number of amides is 1. The minimum absolute atomic E-state index is 0.156. The molecule has 0 bridgehead atoms. The molecule has 164 valence electrons.